The molecule has 2 unspecified atom stereocenters. The Labute approximate surface area is 210 Å². The van der Waals surface area contributed by atoms with Crippen LogP contribution in [0.15, 0.2) is 59.6 Å². The molecule has 0 saturated heterocycles. The lowest BCUT2D eigenvalue weighted by molar-refractivity contribution is -0.00717. The first-order chi connectivity index (χ1) is 17.5. The van der Waals surface area contributed by atoms with Crippen LogP contribution in [0.25, 0.3) is 16.7 Å². The van der Waals surface area contributed by atoms with E-state index in [9.17, 15) is 0 Å². The molecule has 184 valence electrons. The molecule has 3 aromatic heterocycles. The zero-order chi connectivity index (χ0) is 25.1. The van der Waals surface area contributed by atoms with E-state index in [2.05, 4.69) is 43.2 Å². The van der Waals surface area contributed by atoms with Gasteiger partial charge in [0.15, 0.2) is 12.0 Å². The van der Waals surface area contributed by atoms with Crippen molar-refractivity contribution in [1.29, 1.82) is 0 Å². The van der Waals surface area contributed by atoms with E-state index in [4.69, 9.17) is 14.5 Å². The van der Waals surface area contributed by atoms with E-state index in [1.165, 1.54) is 0 Å². The molecule has 0 saturated carbocycles. The van der Waals surface area contributed by atoms with E-state index in [1.807, 2.05) is 50.3 Å². The first-order valence-corrected chi connectivity index (χ1v) is 11.9. The summed E-state index contributed by atoms with van der Waals surface area (Å²) in [6.07, 6.45) is 5.33. The number of nitrogens with zero attached hydrogens (tertiary/aromatic N) is 7. The number of fused-ring (bicyclic) bond motifs is 1. The molecule has 9 nitrogen and oxygen atoms in total. The summed E-state index contributed by atoms with van der Waals surface area (Å²) in [5.74, 6) is 2.80. The Morgan fingerprint density at radius 1 is 0.861 bits per heavy atom. The monoisotopic (exact) mass is 483 g/mol. The van der Waals surface area contributed by atoms with Crippen LogP contribution in [-0.4, -0.2) is 62.0 Å². The van der Waals surface area contributed by atoms with Crippen LogP contribution in [0.4, 0.5) is 0 Å². The summed E-state index contributed by atoms with van der Waals surface area (Å²) in [5, 5.41) is 5.76. The minimum Gasteiger partial charge on any atom is -0.373 e. The van der Waals surface area contributed by atoms with Crippen molar-refractivity contribution >= 4 is 16.6 Å². The maximum absolute atomic E-state index is 5.47. The number of para-hydroxylation sites is 1. The number of hydrogen-bond acceptors (Lipinski definition) is 8. The first-order valence-electron chi connectivity index (χ1n) is 11.9. The normalized spacial score (nSPS) is 17.5. The van der Waals surface area contributed by atoms with Gasteiger partial charge in [0.2, 0.25) is 0 Å². The second-order valence-electron chi connectivity index (χ2n) is 8.73. The molecular formula is C27H29N7O2. The van der Waals surface area contributed by atoms with Crippen molar-refractivity contribution in [3.8, 4) is 5.82 Å². The van der Waals surface area contributed by atoms with Crippen LogP contribution < -0.4 is 0 Å². The maximum atomic E-state index is 5.47. The number of hydrogen-bond donors (Lipinski definition) is 0. The lowest BCUT2D eigenvalue weighted by Gasteiger charge is -2.22. The number of aryl methyl sites for hydroxylation is 4. The van der Waals surface area contributed by atoms with E-state index >= 15 is 0 Å². The zero-order valence-corrected chi connectivity index (χ0v) is 20.9. The van der Waals surface area contributed by atoms with Crippen molar-refractivity contribution in [2.45, 2.75) is 45.4 Å². The predicted octanol–water partition coefficient (Wildman–Crippen LogP) is 3.55. The molecule has 0 fully saturated rings. The van der Waals surface area contributed by atoms with Crippen LogP contribution >= 0.6 is 0 Å². The number of benzene rings is 1. The summed E-state index contributed by atoms with van der Waals surface area (Å²) in [5.41, 5.74) is 3.82. The SMILES string of the molecule is COC1C=CC(Cc2nc(C)nn2-c2cc(CCc3ccc4ccccc4n3)nc(C)n2)=NC1OC. The van der Waals surface area contributed by atoms with Gasteiger partial charge in [-0.3, -0.25) is 9.98 Å². The third kappa shape index (κ3) is 5.22. The van der Waals surface area contributed by atoms with Gasteiger partial charge >= 0.3 is 0 Å². The molecule has 0 aliphatic carbocycles. The Morgan fingerprint density at radius 3 is 2.53 bits per heavy atom. The molecule has 2 atom stereocenters. The van der Waals surface area contributed by atoms with Crippen molar-refractivity contribution in [3.05, 3.63) is 83.5 Å². The highest BCUT2D eigenvalue weighted by atomic mass is 16.5. The smallest absolute Gasteiger partial charge is 0.177 e. The lowest BCUT2D eigenvalue weighted by Crippen LogP contribution is -2.31. The molecule has 1 aliphatic heterocycles. The molecule has 5 rings (SSSR count). The Kier molecular flexibility index (Phi) is 6.92. The van der Waals surface area contributed by atoms with Gasteiger partial charge in [0.05, 0.1) is 5.52 Å². The lowest BCUT2D eigenvalue weighted by atomic mass is 10.1. The maximum Gasteiger partial charge on any atom is 0.177 e. The average Bonchev–Trinajstić information content (AvgIpc) is 3.26. The number of dihydropyridines is 1. The molecule has 0 N–H and O–H groups in total. The van der Waals surface area contributed by atoms with Gasteiger partial charge in [-0.2, -0.15) is 4.68 Å². The van der Waals surface area contributed by atoms with Crippen molar-refractivity contribution < 1.29 is 9.47 Å². The minimum atomic E-state index is -0.385. The minimum absolute atomic E-state index is 0.206. The summed E-state index contributed by atoms with van der Waals surface area (Å²) < 4.78 is 12.7. The summed E-state index contributed by atoms with van der Waals surface area (Å²) in [6.45, 7) is 3.77. The van der Waals surface area contributed by atoms with E-state index in [0.717, 1.165) is 46.7 Å². The quantitative estimate of drug-likeness (QED) is 0.378. The number of methoxy groups -OCH3 is 2. The third-order valence-corrected chi connectivity index (χ3v) is 6.07. The standard InChI is InChI=1S/C27H29N7O2/c1-17-28-21(12-11-20-10-9-19-7-5-6-8-23(19)31-20)15-25(29-17)34-26(30-18(2)33-34)16-22-13-14-24(35-3)27(32-22)36-4/h5-10,13-15,24,27H,11-12,16H2,1-4H3. The number of allylic oxidation sites excluding steroid dienone is 1. The Bertz CT molecular complexity index is 1440. The second-order valence-corrected chi connectivity index (χ2v) is 8.73. The summed E-state index contributed by atoms with van der Waals surface area (Å²) >= 11 is 0. The van der Waals surface area contributed by atoms with Gasteiger partial charge in [0, 0.05) is 49.2 Å². The molecule has 4 heterocycles. The highest BCUT2D eigenvalue weighted by Crippen LogP contribution is 2.17. The largest absolute Gasteiger partial charge is 0.373 e. The number of aliphatic imine (C=N–C) groups is 1. The Morgan fingerprint density at radius 2 is 1.69 bits per heavy atom. The van der Waals surface area contributed by atoms with Gasteiger partial charge in [-0.1, -0.05) is 24.3 Å². The van der Waals surface area contributed by atoms with Crippen LogP contribution in [0.5, 0.6) is 0 Å². The van der Waals surface area contributed by atoms with E-state index in [1.54, 1.807) is 18.9 Å². The molecule has 4 aromatic rings. The summed E-state index contributed by atoms with van der Waals surface area (Å²) in [7, 11) is 3.27. The number of aromatic nitrogens is 6. The van der Waals surface area contributed by atoms with E-state index in [-0.39, 0.29) is 12.3 Å². The number of rotatable bonds is 8. The van der Waals surface area contributed by atoms with Crippen LogP contribution in [0.3, 0.4) is 0 Å². The molecule has 0 bridgehead atoms. The number of pyridine rings is 1. The average molecular weight is 484 g/mol. The fraction of sp³-hybridized carbons (Fsp3) is 0.333. The molecule has 9 heteroatoms. The Balaban J connectivity index is 1.37. The molecule has 1 aromatic carbocycles. The van der Waals surface area contributed by atoms with Crippen molar-refractivity contribution in [2.75, 3.05) is 14.2 Å². The van der Waals surface area contributed by atoms with Crippen LogP contribution in [0.2, 0.25) is 0 Å². The summed E-state index contributed by atoms with van der Waals surface area (Å²) in [6, 6.07) is 14.3. The van der Waals surface area contributed by atoms with Gasteiger partial charge in [0.1, 0.15) is 23.6 Å². The molecule has 36 heavy (non-hydrogen) atoms. The van der Waals surface area contributed by atoms with E-state index in [0.29, 0.717) is 23.9 Å². The highest BCUT2D eigenvalue weighted by Gasteiger charge is 2.23. The van der Waals surface area contributed by atoms with Gasteiger partial charge in [0.25, 0.3) is 0 Å². The van der Waals surface area contributed by atoms with Crippen molar-refractivity contribution in [1.82, 2.24) is 29.7 Å². The molecule has 0 amide bonds. The van der Waals surface area contributed by atoms with Crippen molar-refractivity contribution in [2.24, 2.45) is 4.99 Å². The first kappa shape index (κ1) is 23.9. The van der Waals surface area contributed by atoms with E-state index < -0.39 is 0 Å². The third-order valence-electron chi connectivity index (χ3n) is 6.07. The molecule has 0 radical (unpaired) electrons. The van der Waals surface area contributed by atoms with Crippen LogP contribution in [0, 0.1) is 13.8 Å². The zero-order valence-electron chi connectivity index (χ0n) is 20.9. The van der Waals surface area contributed by atoms with Gasteiger partial charge in [-0.05, 0) is 51.0 Å². The second kappa shape index (κ2) is 10.4. The molecule has 1 aliphatic rings. The van der Waals surface area contributed by atoms with Gasteiger partial charge in [-0.25, -0.2) is 15.0 Å². The van der Waals surface area contributed by atoms with Gasteiger partial charge < -0.3 is 9.47 Å². The fourth-order valence-electron chi connectivity index (χ4n) is 4.34. The fourth-order valence-corrected chi connectivity index (χ4v) is 4.34. The molecular weight excluding hydrogens is 454 g/mol. The van der Waals surface area contributed by atoms with Crippen LogP contribution in [-0.2, 0) is 28.7 Å². The molecule has 0 spiro atoms. The number of ether oxygens (including phenoxy) is 2. The topological polar surface area (TPSA) is 100 Å². The Hall–Kier alpha value is -3.82. The highest BCUT2D eigenvalue weighted by molar-refractivity contribution is 5.97. The predicted molar refractivity (Wildman–Crippen MR) is 137 cm³/mol. The van der Waals surface area contributed by atoms with Gasteiger partial charge in [-0.15, -0.1) is 5.10 Å². The van der Waals surface area contributed by atoms with Crippen molar-refractivity contribution in [3.63, 3.8) is 0 Å². The van der Waals surface area contributed by atoms with Crippen LogP contribution in [0.1, 0.15) is 28.9 Å². The summed E-state index contributed by atoms with van der Waals surface area (Å²) in [4.78, 5) is 23.4.